The molecule has 0 radical (unpaired) electrons. The van der Waals surface area contributed by atoms with Crippen LogP contribution >= 0.6 is 0 Å². The zero-order valence-electron chi connectivity index (χ0n) is 12.0. The second kappa shape index (κ2) is 6.19. The third kappa shape index (κ3) is 4.06. The molecule has 1 aromatic heterocycles. The molecule has 1 heterocycles. The summed E-state index contributed by atoms with van der Waals surface area (Å²) in [6.07, 6.45) is 4.69. The van der Waals surface area contributed by atoms with Gasteiger partial charge in [-0.2, -0.15) is 4.98 Å². The van der Waals surface area contributed by atoms with Gasteiger partial charge in [-0.25, -0.2) is 4.98 Å². The van der Waals surface area contributed by atoms with Crippen LogP contribution in [0, 0.1) is 6.92 Å². The van der Waals surface area contributed by atoms with Crippen LogP contribution in [0.3, 0.4) is 0 Å². The van der Waals surface area contributed by atoms with Gasteiger partial charge in [0.2, 0.25) is 11.8 Å². The fourth-order valence-electron chi connectivity index (χ4n) is 2.41. The molecule has 1 aromatic rings. The summed E-state index contributed by atoms with van der Waals surface area (Å²) in [7, 11) is 0. The number of nitrogens with one attached hydrogen (secondary N) is 1. The molecular formula is C14H24N4O. The van der Waals surface area contributed by atoms with Crippen LogP contribution in [0.2, 0.25) is 0 Å². The predicted molar refractivity (Wildman–Crippen MR) is 76.4 cm³/mol. The number of nitrogens with zero attached hydrogens (tertiary/aromatic N) is 2. The second-order valence-corrected chi connectivity index (χ2v) is 5.54. The minimum atomic E-state index is 0.110. The molecule has 5 nitrogen and oxygen atoms in total. The SMILES string of the molecule is Cc1cc(OC(C)C)nc(N[C@@H]2CCCC[C@H]2N)n1. The molecule has 5 heteroatoms. The summed E-state index contributed by atoms with van der Waals surface area (Å²) in [6.45, 7) is 5.92. The molecule has 3 N–H and O–H groups in total. The summed E-state index contributed by atoms with van der Waals surface area (Å²) in [5, 5.41) is 3.36. The van der Waals surface area contributed by atoms with Crippen molar-refractivity contribution in [2.45, 2.75) is 64.6 Å². The highest BCUT2D eigenvalue weighted by atomic mass is 16.5. The van der Waals surface area contributed by atoms with Gasteiger partial charge >= 0.3 is 0 Å². The number of hydrogen-bond donors (Lipinski definition) is 2. The topological polar surface area (TPSA) is 73.1 Å². The lowest BCUT2D eigenvalue weighted by Gasteiger charge is -2.29. The van der Waals surface area contributed by atoms with Gasteiger partial charge in [0.1, 0.15) is 0 Å². The van der Waals surface area contributed by atoms with Gasteiger partial charge in [0.15, 0.2) is 0 Å². The first-order valence-electron chi connectivity index (χ1n) is 7.09. The van der Waals surface area contributed by atoms with E-state index in [1.165, 1.54) is 12.8 Å². The van der Waals surface area contributed by atoms with Crippen molar-refractivity contribution in [2.24, 2.45) is 5.73 Å². The highest BCUT2D eigenvalue weighted by Gasteiger charge is 2.22. The highest BCUT2D eigenvalue weighted by molar-refractivity contribution is 5.32. The minimum absolute atomic E-state index is 0.110. The standard InChI is InChI=1S/C14H24N4O/c1-9(2)19-13-8-10(3)16-14(18-13)17-12-7-5-4-6-11(12)15/h8-9,11-12H,4-7,15H2,1-3H3,(H,16,17,18)/t11-,12-/m1/s1. The molecule has 1 saturated carbocycles. The molecule has 1 aliphatic rings. The number of anilines is 1. The summed E-state index contributed by atoms with van der Waals surface area (Å²) in [5.41, 5.74) is 7.03. The van der Waals surface area contributed by atoms with Crippen molar-refractivity contribution in [2.75, 3.05) is 5.32 Å². The maximum atomic E-state index is 6.13. The molecule has 0 spiro atoms. The van der Waals surface area contributed by atoms with E-state index in [2.05, 4.69) is 15.3 Å². The number of hydrogen-bond acceptors (Lipinski definition) is 5. The van der Waals surface area contributed by atoms with E-state index in [1.54, 1.807) is 0 Å². The van der Waals surface area contributed by atoms with E-state index >= 15 is 0 Å². The van der Waals surface area contributed by atoms with Crippen molar-refractivity contribution < 1.29 is 4.74 Å². The normalized spacial score (nSPS) is 23.4. The average Bonchev–Trinajstić information content (AvgIpc) is 2.30. The van der Waals surface area contributed by atoms with Gasteiger partial charge in [0.25, 0.3) is 0 Å². The Balaban J connectivity index is 2.08. The summed E-state index contributed by atoms with van der Waals surface area (Å²) in [6, 6.07) is 2.31. The van der Waals surface area contributed by atoms with Gasteiger partial charge < -0.3 is 15.8 Å². The lowest BCUT2D eigenvalue weighted by Crippen LogP contribution is -2.43. The van der Waals surface area contributed by atoms with E-state index in [0.717, 1.165) is 18.5 Å². The molecule has 1 fully saturated rings. The highest BCUT2D eigenvalue weighted by Crippen LogP contribution is 2.21. The van der Waals surface area contributed by atoms with Gasteiger partial charge in [0, 0.05) is 23.8 Å². The number of aromatic nitrogens is 2. The Hall–Kier alpha value is -1.36. The zero-order chi connectivity index (χ0) is 13.8. The minimum Gasteiger partial charge on any atom is -0.475 e. The van der Waals surface area contributed by atoms with Crippen LogP contribution in [0.25, 0.3) is 0 Å². The van der Waals surface area contributed by atoms with Crippen LogP contribution in [-0.2, 0) is 0 Å². The van der Waals surface area contributed by atoms with Crippen LogP contribution in [0.1, 0.15) is 45.2 Å². The van der Waals surface area contributed by atoms with Gasteiger partial charge in [-0.15, -0.1) is 0 Å². The lowest BCUT2D eigenvalue weighted by atomic mass is 9.91. The second-order valence-electron chi connectivity index (χ2n) is 5.54. The monoisotopic (exact) mass is 264 g/mol. The fourth-order valence-corrected chi connectivity index (χ4v) is 2.41. The molecule has 1 aliphatic carbocycles. The first-order valence-corrected chi connectivity index (χ1v) is 7.09. The molecule has 2 rings (SSSR count). The molecule has 19 heavy (non-hydrogen) atoms. The van der Waals surface area contributed by atoms with Crippen LogP contribution < -0.4 is 15.8 Å². The number of rotatable bonds is 4. The third-order valence-corrected chi connectivity index (χ3v) is 3.32. The summed E-state index contributed by atoms with van der Waals surface area (Å²) in [4.78, 5) is 8.81. The molecule has 2 atom stereocenters. The van der Waals surface area contributed by atoms with E-state index < -0.39 is 0 Å². The Morgan fingerprint density at radius 2 is 2.05 bits per heavy atom. The number of ether oxygens (including phenoxy) is 1. The van der Waals surface area contributed by atoms with Crippen LogP contribution in [0.15, 0.2) is 6.07 Å². The number of nitrogens with two attached hydrogens (primary N) is 1. The average molecular weight is 264 g/mol. The van der Waals surface area contributed by atoms with Crippen molar-refractivity contribution in [3.8, 4) is 5.88 Å². The van der Waals surface area contributed by atoms with E-state index in [1.807, 2.05) is 26.8 Å². The first-order chi connectivity index (χ1) is 9.04. The van der Waals surface area contributed by atoms with E-state index in [0.29, 0.717) is 11.8 Å². The lowest BCUT2D eigenvalue weighted by molar-refractivity contribution is 0.232. The quantitative estimate of drug-likeness (QED) is 0.872. The summed E-state index contributed by atoms with van der Waals surface area (Å²) in [5.74, 6) is 1.24. The van der Waals surface area contributed by atoms with E-state index in [9.17, 15) is 0 Å². The number of aryl methyl sites for hydroxylation is 1. The van der Waals surface area contributed by atoms with Crippen molar-refractivity contribution in [1.29, 1.82) is 0 Å². The van der Waals surface area contributed by atoms with Gasteiger partial charge in [-0.1, -0.05) is 12.8 Å². The predicted octanol–water partition coefficient (Wildman–Crippen LogP) is 2.25. The van der Waals surface area contributed by atoms with Crippen LogP contribution in [0.4, 0.5) is 5.95 Å². The zero-order valence-corrected chi connectivity index (χ0v) is 12.0. The van der Waals surface area contributed by atoms with Crippen molar-refractivity contribution in [1.82, 2.24) is 9.97 Å². The smallest absolute Gasteiger partial charge is 0.226 e. The molecular weight excluding hydrogens is 240 g/mol. The molecule has 0 unspecified atom stereocenters. The Bertz CT molecular complexity index is 422. The fraction of sp³-hybridized carbons (Fsp3) is 0.714. The third-order valence-electron chi connectivity index (χ3n) is 3.32. The maximum absolute atomic E-state index is 6.13. The van der Waals surface area contributed by atoms with Crippen molar-refractivity contribution in [3.63, 3.8) is 0 Å². The molecule has 0 aliphatic heterocycles. The first kappa shape index (κ1) is 14.1. The Morgan fingerprint density at radius 3 is 2.74 bits per heavy atom. The largest absolute Gasteiger partial charge is 0.475 e. The van der Waals surface area contributed by atoms with E-state index in [-0.39, 0.29) is 18.2 Å². The maximum Gasteiger partial charge on any atom is 0.226 e. The van der Waals surface area contributed by atoms with Gasteiger partial charge in [-0.3, -0.25) is 0 Å². The Morgan fingerprint density at radius 1 is 1.32 bits per heavy atom. The van der Waals surface area contributed by atoms with Gasteiger partial charge in [0.05, 0.1) is 6.10 Å². The van der Waals surface area contributed by atoms with Crippen LogP contribution in [-0.4, -0.2) is 28.2 Å². The summed E-state index contributed by atoms with van der Waals surface area (Å²) < 4.78 is 5.63. The van der Waals surface area contributed by atoms with Crippen molar-refractivity contribution in [3.05, 3.63) is 11.8 Å². The molecule has 0 amide bonds. The molecule has 106 valence electrons. The van der Waals surface area contributed by atoms with E-state index in [4.69, 9.17) is 10.5 Å². The Kier molecular flexibility index (Phi) is 4.58. The van der Waals surface area contributed by atoms with Crippen LogP contribution in [0.5, 0.6) is 5.88 Å². The summed E-state index contributed by atoms with van der Waals surface area (Å²) >= 11 is 0. The molecule has 0 bridgehead atoms. The van der Waals surface area contributed by atoms with Crippen molar-refractivity contribution >= 4 is 5.95 Å². The molecule has 0 saturated heterocycles. The molecule has 0 aromatic carbocycles. The Labute approximate surface area is 115 Å². The van der Waals surface area contributed by atoms with Gasteiger partial charge in [-0.05, 0) is 33.6 Å².